The van der Waals surface area contributed by atoms with Gasteiger partial charge in [0.05, 0.1) is 24.7 Å². The minimum absolute atomic E-state index is 0.0720. The summed E-state index contributed by atoms with van der Waals surface area (Å²) >= 11 is 0. The lowest BCUT2D eigenvalue weighted by Crippen LogP contribution is -2.49. The fourth-order valence-electron chi connectivity index (χ4n) is 5.09. The molecule has 0 aromatic heterocycles. The predicted octanol–water partition coefficient (Wildman–Crippen LogP) is 6.01. The van der Waals surface area contributed by atoms with Crippen LogP contribution in [0.2, 0.25) is 0 Å². The van der Waals surface area contributed by atoms with Crippen molar-refractivity contribution in [2.45, 2.75) is 70.0 Å². The maximum atomic E-state index is 14.3. The molecule has 0 unspecified atom stereocenters. The molecular weight excluding hydrogens is 528 g/mol. The van der Waals surface area contributed by atoms with E-state index < -0.39 is 15.6 Å². The van der Waals surface area contributed by atoms with Crippen LogP contribution >= 0.6 is 0 Å². The molecule has 1 heterocycles. The number of sulfonamides is 1. The van der Waals surface area contributed by atoms with Gasteiger partial charge in [-0.1, -0.05) is 37.3 Å². The van der Waals surface area contributed by atoms with E-state index in [0.717, 1.165) is 22.8 Å². The van der Waals surface area contributed by atoms with Crippen LogP contribution in [0.3, 0.4) is 0 Å². The SMILES string of the molecule is CCc1cc(OC)c(CN(C2CCN(C(=O)OC(C)(C)C)CC2)S(=O)(=O)c2ccc3ccccc3c2)c(OC)c1. The number of ether oxygens (including phenoxy) is 3. The fourth-order valence-corrected chi connectivity index (χ4v) is 6.78. The van der Waals surface area contributed by atoms with Gasteiger partial charge in [-0.25, -0.2) is 13.2 Å². The Kier molecular flexibility index (Phi) is 8.95. The highest BCUT2D eigenvalue weighted by atomic mass is 32.2. The van der Waals surface area contributed by atoms with Gasteiger partial charge in [0, 0.05) is 25.7 Å². The maximum absolute atomic E-state index is 14.3. The number of carbonyl (C=O) groups is 1. The zero-order valence-corrected chi connectivity index (χ0v) is 25.1. The first-order valence-electron chi connectivity index (χ1n) is 13.7. The third-order valence-corrected chi connectivity index (χ3v) is 9.14. The van der Waals surface area contributed by atoms with Crippen molar-refractivity contribution >= 4 is 26.9 Å². The largest absolute Gasteiger partial charge is 0.496 e. The average Bonchev–Trinajstić information content (AvgIpc) is 2.94. The van der Waals surface area contributed by atoms with Crippen molar-refractivity contribution in [1.29, 1.82) is 0 Å². The Morgan fingerprint density at radius 1 is 0.950 bits per heavy atom. The first-order chi connectivity index (χ1) is 19.0. The van der Waals surface area contributed by atoms with Gasteiger partial charge in [0.2, 0.25) is 10.0 Å². The van der Waals surface area contributed by atoms with Crippen molar-refractivity contribution in [2.75, 3.05) is 27.3 Å². The minimum atomic E-state index is -3.94. The molecule has 3 aromatic rings. The predicted molar refractivity (Wildman–Crippen MR) is 156 cm³/mol. The van der Waals surface area contributed by atoms with E-state index in [0.29, 0.717) is 43.0 Å². The summed E-state index contributed by atoms with van der Waals surface area (Å²) in [6.45, 7) is 8.41. The number of benzene rings is 3. The molecule has 1 amide bonds. The van der Waals surface area contributed by atoms with Crippen molar-refractivity contribution in [3.8, 4) is 11.5 Å². The van der Waals surface area contributed by atoms with Crippen LogP contribution in [0.5, 0.6) is 11.5 Å². The second-order valence-electron chi connectivity index (χ2n) is 11.1. The molecule has 216 valence electrons. The van der Waals surface area contributed by atoms with Gasteiger partial charge in [-0.3, -0.25) is 0 Å². The van der Waals surface area contributed by atoms with E-state index in [9.17, 15) is 13.2 Å². The molecule has 1 aliphatic rings. The van der Waals surface area contributed by atoms with Gasteiger partial charge < -0.3 is 19.1 Å². The molecule has 0 spiro atoms. The molecule has 1 saturated heterocycles. The Hall–Kier alpha value is -3.30. The van der Waals surface area contributed by atoms with Crippen molar-refractivity contribution in [2.24, 2.45) is 0 Å². The summed E-state index contributed by atoms with van der Waals surface area (Å²) in [6, 6.07) is 16.4. The zero-order chi connectivity index (χ0) is 29.1. The van der Waals surface area contributed by atoms with E-state index in [4.69, 9.17) is 14.2 Å². The van der Waals surface area contributed by atoms with Crippen molar-refractivity contribution in [1.82, 2.24) is 9.21 Å². The number of amides is 1. The average molecular weight is 569 g/mol. The van der Waals surface area contributed by atoms with Crippen molar-refractivity contribution in [3.05, 3.63) is 65.7 Å². The minimum Gasteiger partial charge on any atom is -0.496 e. The standard InChI is InChI=1S/C31H40N2O6S/c1-7-22-18-28(37-5)27(29(19-22)38-6)21-33(25-14-16-32(17-15-25)30(34)39-31(2,3)4)40(35,36)26-13-12-23-10-8-9-11-24(23)20-26/h8-13,18-20,25H,7,14-17,21H2,1-6H3. The molecule has 1 aliphatic heterocycles. The number of hydrogen-bond donors (Lipinski definition) is 0. The first-order valence-corrected chi connectivity index (χ1v) is 15.1. The molecule has 0 radical (unpaired) electrons. The van der Waals surface area contributed by atoms with Crippen LogP contribution in [0, 0.1) is 0 Å². The summed E-state index contributed by atoms with van der Waals surface area (Å²) in [5.74, 6) is 1.17. The van der Waals surface area contributed by atoms with Crippen LogP contribution in [0.1, 0.15) is 51.7 Å². The fraction of sp³-hybridized carbons (Fsp3) is 0.452. The van der Waals surface area contributed by atoms with Gasteiger partial charge in [0.25, 0.3) is 0 Å². The van der Waals surface area contributed by atoms with Crippen LogP contribution in [0.25, 0.3) is 10.8 Å². The molecule has 0 saturated carbocycles. The number of fused-ring (bicyclic) bond motifs is 1. The monoisotopic (exact) mass is 568 g/mol. The van der Waals surface area contributed by atoms with Crippen molar-refractivity contribution in [3.63, 3.8) is 0 Å². The van der Waals surface area contributed by atoms with E-state index in [2.05, 4.69) is 0 Å². The van der Waals surface area contributed by atoms with E-state index in [1.165, 1.54) is 0 Å². The van der Waals surface area contributed by atoms with Gasteiger partial charge in [-0.15, -0.1) is 0 Å². The quantitative estimate of drug-likeness (QED) is 0.331. The van der Waals surface area contributed by atoms with E-state index in [1.54, 1.807) is 35.6 Å². The summed E-state index contributed by atoms with van der Waals surface area (Å²) in [5.41, 5.74) is 1.10. The Bertz CT molecular complexity index is 1430. The number of likely N-dealkylation sites (tertiary alicyclic amines) is 1. The molecular formula is C31H40N2O6S. The molecule has 0 N–H and O–H groups in total. The highest BCUT2D eigenvalue weighted by molar-refractivity contribution is 7.89. The summed E-state index contributed by atoms with van der Waals surface area (Å²) in [5, 5.41) is 1.82. The van der Waals surface area contributed by atoms with E-state index in [-0.39, 0.29) is 23.6 Å². The molecule has 8 nitrogen and oxygen atoms in total. The van der Waals surface area contributed by atoms with E-state index in [1.807, 2.05) is 70.2 Å². The lowest BCUT2D eigenvalue weighted by Gasteiger charge is -2.38. The molecule has 40 heavy (non-hydrogen) atoms. The number of aryl methyl sites for hydroxylation is 1. The summed E-state index contributed by atoms with van der Waals surface area (Å²) in [6.07, 6.45) is 1.36. The Morgan fingerprint density at radius 3 is 2.10 bits per heavy atom. The summed E-state index contributed by atoms with van der Waals surface area (Å²) in [7, 11) is -0.770. The molecule has 0 atom stereocenters. The topological polar surface area (TPSA) is 85.4 Å². The molecule has 4 rings (SSSR count). The van der Waals surface area contributed by atoms with Crippen LogP contribution in [-0.4, -0.2) is 62.7 Å². The number of nitrogens with zero attached hydrogens (tertiary/aromatic N) is 2. The molecule has 0 bridgehead atoms. The van der Waals surface area contributed by atoms with Gasteiger partial charge in [-0.05, 0) is 80.6 Å². The van der Waals surface area contributed by atoms with E-state index >= 15 is 0 Å². The second kappa shape index (κ2) is 12.1. The lowest BCUT2D eigenvalue weighted by molar-refractivity contribution is 0.0176. The second-order valence-corrected chi connectivity index (χ2v) is 13.0. The smallest absolute Gasteiger partial charge is 0.410 e. The van der Waals surface area contributed by atoms with Gasteiger partial charge in [-0.2, -0.15) is 4.31 Å². The van der Waals surface area contributed by atoms with Crippen LogP contribution in [0.4, 0.5) is 4.79 Å². The molecule has 9 heteroatoms. The van der Waals surface area contributed by atoms with Crippen molar-refractivity contribution < 1.29 is 27.4 Å². The first kappa shape index (κ1) is 29.7. The Morgan fingerprint density at radius 2 is 1.55 bits per heavy atom. The molecule has 3 aromatic carbocycles. The summed E-state index contributed by atoms with van der Waals surface area (Å²) < 4.78 is 47.2. The number of rotatable bonds is 8. The zero-order valence-electron chi connectivity index (χ0n) is 24.3. The highest BCUT2D eigenvalue weighted by Crippen LogP contribution is 2.36. The third-order valence-electron chi connectivity index (χ3n) is 7.24. The van der Waals surface area contributed by atoms with Gasteiger partial charge in [0.1, 0.15) is 17.1 Å². The van der Waals surface area contributed by atoms with Crippen LogP contribution < -0.4 is 9.47 Å². The maximum Gasteiger partial charge on any atom is 0.410 e. The molecule has 1 fully saturated rings. The van der Waals surface area contributed by atoms with Gasteiger partial charge in [0.15, 0.2) is 0 Å². The van der Waals surface area contributed by atoms with Crippen LogP contribution in [-0.2, 0) is 27.7 Å². The number of hydrogen-bond acceptors (Lipinski definition) is 6. The Labute approximate surface area is 237 Å². The number of piperidine rings is 1. The highest BCUT2D eigenvalue weighted by Gasteiger charge is 2.37. The number of carbonyl (C=O) groups excluding carboxylic acids is 1. The normalized spacial score (nSPS) is 14.9. The van der Waals surface area contributed by atoms with Gasteiger partial charge >= 0.3 is 6.09 Å². The Balaban J connectivity index is 1.72. The third kappa shape index (κ3) is 6.53. The lowest BCUT2D eigenvalue weighted by atomic mass is 10.0. The molecule has 0 aliphatic carbocycles. The summed E-state index contributed by atoms with van der Waals surface area (Å²) in [4.78, 5) is 14.6. The van der Waals surface area contributed by atoms with Crippen LogP contribution in [0.15, 0.2) is 59.5 Å². The number of methoxy groups -OCH3 is 2.